The highest BCUT2D eigenvalue weighted by molar-refractivity contribution is 5.82. The number of alkyl halides is 2. The normalized spacial score (nSPS) is 27.1. The largest absolute Gasteiger partial charge is 0.368 e. The third-order valence-corrected chi connectivity index (χ3v) is 2.66. The van der Waals surface area contributed by atoms with Gasteiger partial charge in [-0.2, -0.15) is 8.78 Å². The van der Waals surface area contributed by atoms with E-state index in [1.165, 1.54) is 4.90 Å². The molecule has 2 heterocycles. The topological polar surface area (TPSA) is 38.8 Å². The van der Waals surface area contributed by atoms with Crippen LogP contribution in [0.5, 0.6) is 0 Å². The fraction of sp³-hybridized carbons (Fsp3) is 0.889. The Hall–Kier alpha value is -0.750. The number of nitrogens with zero attached hydrogens (tertiary/aromatic N) is 1. The zero-order valence-corrected chi connectivity index (χ0v) is 8.20. The molecule has 2 fully saturated rings. The Morgan fingerprint density at radius 2 is 2.20 bits per heavy atom. The van der Waals surface area contributed by atoms with Crippen LogP contribution in [0.2, 0.25) is 0 Å². The van der Waals surface area contributed by atoms with Gasteiger partial charge in [-0.15, -0.1) is 0 Å². The fourth-order valence-corrected chi connectivity index (χ4v) is 1.83. The second kappa shape index (κ2) is 4.40. The van der Waals surface area contributed by atoms with Crippen molar-refractivity contribution in [2.75, 3.05) is 19.7 Å². The average Bonchev–Trinajstić information content (AvgIpc) is 2.61. The highest BCUT2D eigenvalue weighted by Gasteiger charge is 2.37. The third-order valence-electron chi connectivity index (χ3n) is 2.66. The van der Waals surface area contributed by atoms with Crippen molar-refractivity contribution in [1.82, 2.24) is 4.90 Å². The lowest BCUT2D eigenvalue weighted by Gasteiger charge is -2.39. The Morgan fingerprint density at radius 1 is 1.47 bits per heavy atom. The third kappa shape index (κ3) is 2.43. The average molecular weight is 221 g/mol. The SMILES string of the molecule is O=C(C1CCCO1)N1CC(OC(F)F)C1. The van der Waals surface area contributed by atoms with Crippen molar-refractivity contribution in [2.24, 2.45) is 0 Å². The molecule has 4 nitrogen and oxygen atoms in total. The van der Waals surface area contributed by atoms with E-state index in [-0.39, 0.29) is 25.1 Å². The summed E-state index contributed by atoms with van der Waals surface area (Å²) in [6, 6.07) is 0. The highest BCUT2D eigenvalue weighted by Crippen LogP contribution is 2.20. The molecule has 0 aromatic carbocycles. The van der Waals surface area contributed by atoms with E-state index in [1.54, 1.807) is 0 Å². The van der Waals surface area contributed by atoms with E-state index >= 15 is 0 Å². The van der Waals surface area contributed by atoms with Gasteiger partial charge in [-0.1, -0.05) is 0 Å². The maximum absolute atomic E-state index is 11.8. The molecule has 86 valence electrons. The Balaban J connectivity index is 1.71. The lowest BCUT2D eigenvalue weighted by molar-refractivity contribution is -0.201. The molecule has 15 heavy (non-hydrogen) atoms. The summed E-state index contributed by atoms with van der Waals surface area (Å²) in [5.74, 6) is -0.0957. The molecule has 6 heteroatoms. The van der Waals surface area contributed by atoms with Crippen molar-refractivity contribution in [3.8, 4) is 0 Å². The summed E-state index contributed by atoms with van der Waals surface area (Å²) in [6.45, 7) is -1.64. The summed E-state index contributed by atoms with van der Waals surface area (Å²) in [5, 5.41) is 0. The van der Waals surface area contributed by atoms with Crippen LogP contribution in [0, 0.1) is 0 Å². The van der Waals surface area contributed by atoms with Crippen molar-refractivity contribution in [3.63, 3.8) is 0 Å². The van der Waals surface area contributed by atoms with Crippen LogP contribution >= 0.6 is 0 Å². The number of likely N-dealkylation sites (tertiary alicyclic amines) is 1. The summed E-state index contributed by atoms with van der Waals surface area (Å²) < 4.78 is 33.0. The maximum atomic E-state index is 11.8. The van der Waals surface area contributed by atoms with Crippen molar-refractivity contribution in [3.05, 3.63) is 0 Å². The van der Waals surface area contributed by atoms with Gasteiger partial charge in [0.15, 0.2) is 0 Å². The van der Waals surface area contributed by atoms with Gasteiger partial charge in [0, 0.05) is 19.7 Å². The van der Waals surface area contributed by atoms with Crippen molar-refractivity contribution < 1.29 is 23.0 Å². The van der Waals surface area contributed by atoms with Gasteiger partial charge in [-0.3, -0.25) is 4.79 Å². The van der Waals surface area contributed by atoms with Gasteiger partial charge in [-0.25, -0.2) is 0 Å². The molecule has 2 aliphatic rings. The lowest BCUT2D eigenvalue weighted by Crippen LogP contribution is -2.57. The number of carbonyl (C=O) groups excluding carboxylic acids is 1. The highest BCUT2D eigenvalue weighted by atomic mass is 19.3. The first-order valence-corrected chi connectivity index (χ1v) is 5.01. The number of hydrogen-bond donors (Lipinski definition) is 0. The van der Waals surface area contributed by atoms with Crippen LogP contribution in [0.1, 0.15) is 12.8 Å². The molecule has 1 atom stereocenters. The fourth-order valence-electron chi connectivity index (χ4n) is 1.83. The van der Waals surface area contributed by atoms with E-state index in [1.807, 2.05) is 0 Å². The number of ether oxygens (including phenoxy) is 2. The lowest BCUT2D eigenvalue weighted by atomic mass is 10.1. The first-order chi connectivity index (χ1) is 7.16. The van der Waals surface area contributed by atoms with E-state index < -0.39 is 12.7 Å². The second-order valence-electron chi connectivity index (χ2n) is 3.76. The molecule has 0 spiro atoms. The van der Waals surface area contributed by atoms with Crippen LogP contribution < -0.4 is 0 Å². The predicted octanol–water partition coefficient (Wildman–Crippen LogP) is 0.615. The Labute approximate surface area is 86.1 Å². The van der Waals surface area contributed by atoms with Crippen molar-refractivity contribution >= 4 is 5.91 Å². The van der Waals surface area contributed by atoms with Gasteiger partial charge in [-0.05, 0) is 12.8 Å². The van der Waals surface area contributed by atoms with Gasteiger partial charge >= 0.3 is 6.61 Å². The van der Waals surface area contributed by atoms with E-state index in [4.69, 9.17) is 4.74 Å². The minimum absolute atomic E-state index is 0.0957. The monoisotopic (exact) mass is 221 g/mol. The summed E-state index contributed by atoms with van der Waals surface area (Å²) in [4.78, 5) is 13.1. The Bertz CT molecular complexity index is 238. The van der Waals surface area contributed by atoms with Gasteiger partial charge in [0.25, 0.3) is 5.91 Å². The van der Waals surface area contributed by atoms with Crippen LogP contribution in [0.4, 0.5) is 8.78 Å². The summed E-state index contributed by atoms with van der Waals surface area (Å²) in [5.41, 5.74) is 0. The summed E-state index contributed by atoms with van der Waals surface area (Å²) >= 11 is 0. The van der Waals surface area contributed by atoms with Crippen LogP contribution in [0.25, 0.3) is 0 Å². The maximum Gasteiger partial charge on any atom is 0.345 e. The van der Waals surface area contributed by atoms with Crippen LogP contribution in [-0.2, 0) is 14.3 Å². The molecule has 1 unspecified atom stereocenters. The number of amides is 1. The predicted molar refractivity (Wildman–Crippen MR) is 46.4 cm³/mol. The Kier molecular flexibility index (Phi) is 3.16. The molecule has 0 N–H and O–H groups in total. The van der Waals surface area contributed by atoms with Gasteiger partial charge in [0.1, 0.15) is 6.10 Å². The number of hydrogen-bond acceptors (Lipinski definition) is 3. The van der Waals surface area contributed by atoms with E-state index in [0.717, 1.165) is 12.8 Å². The van der Waals surface area contributed by atoms with Gasteiger partial charge in [0.05, 0.1) is 6.10 Å². The molecule has 0 bridgehead atoms. The molecule has 2 saturated heterocycles. The quantitative estimate of drug-likeness (QED) is 0.701. The molecule has 2 rings (SSSR count). The molecule has 0 radical (unpaired) electrons. The zero-order valence-electron chi connectivity index (χ0n) is 8.20. The molecule has 2 aliphatic heterocycles. The molecule has 0 aliphatic carbocycles. The van der Waals surface area contributed by atoms with Gasteiger partial charge < -0.3 is 14.4 Å². The Morgan fingerprint density at radius 3 is 2.73 bits per heavy atom. The minimum Gasteiger partial charge on any atom is -0.368 e. The molecular formula is C9H13F2NO3. The van der Waals surface area contributed by atoms with Crippen LogP contribution in [-0.4, -0.2) is 49.3 Å². The van der Waals surface area contributed by atoms with Gasteiger partial charge in [0.2, 0.25) is 0 Å². The molecule has 0 saturated carbocycles. The molecule has 0 aromatic rings. The summed E-state index contributed by atoms with van der Waals surface area (Å²) in [6.07, 6.45) is 0.740. The number of rotatable bonds is 3. The molecule has 1 amide bonds. The second-order valence-corrected chi connectivity index (χ2v) is 3.76. The van der Waals surface area contributed by atoms with E-state index in [0.29, 0.717) is 6.61 Å². The first-order valence-electron chi connectivity index (χ1n) is 5.01. The van der Waals surface area contributed by atoms with E-state index in [2.05, 4.69) is 4.74 Å². The first kappa shape index (κ1) is 10.8. The molecular weight excluding hydrogens is 208 g/mol. The standard InChI is InChI=1S/C9H13F2NO3/c10-9(11)15-6-4-12(5-6)8(13)7-2-1-3-14-7/h6-7,9H,1-5H2. The summed E-state index contributed by atoms with van der Waals surface area (Å²) in [7, 11) is 0. The van der Waals surface area contributed by atoms with Crippen LogP contribution in [0.15, 0.2) is 0 Å². The van der Waals surface area contributed by atoms with Crippen molar-refractivity contribution in [1.29, 1.82) is 0 Å². The minimum atomic E-state index is -2.75. The molecule has 0 aromatic heterocycles. The van der Waals surface area contributed by atoms with Crippen molar-refractivity contribution in [2.45, 2.75) is 31.7 Å². The smallest absolute Gasteiger partial charge is 0.345 e. The number of carbonyl (C=O) groups is 1. The van der Waals surface area contributed by atoms with E-state index in [9.17, 15) is 13.6 Å². The van der Waals surface area contributed by atoms with Crippen LogP contribution in [0.3, 0.4) is 0 Å². The zero-order chi connectivity index (χ0) is 10.8. The number of halogens is 2.